The van der Waals surface area contributed by atoms with E-state index in [1.165, 1.54) is 6.26 Å². The van der Waals surface area contributed by atoms with Gasteiger partial charge in [-0.3, -0.25) is 0 Å². The largest absolute Gasteiger partial charge is 0.497 e. The second-order valence-corrected chi connectivity index (χ2v) is 3.02. The fourth-order valence-corrected chi connectivity index (χ4v) is 1.30. The minimum absolute atomic E-state index is 0.191. The van der Waals surface area contributed by atoms with Gasteiger partial charge in [0, 0.05) is 5.56 Å². The Labute approximate surface area is 87.1 Å². The normalized spacial score (nSPS) is 10.3. The van der Waals surface area contributed by atoms with Crippen LogP contribution in [-0.4, -0.2) is 17.2 Å². The predicted octanol–water partition coefficient (Wildman–Crippen LogP) is 1.84. The van der Waals surface area contributed by atoms with E-state index in [-0.39, 0.29) is 6.61 Å². The van der Waals surface area contributed by atoms with Crippen molar-refractivity contribution in [2.24, 2.45) is 0 Å². The summed E-state index contributed by atoms with van der Waals surface area (Å²) in [7, 11) is 1.61. The van der Waals surface area contributed by atoms with Gasteiger partial charge in [-0.1, -0.05) is 12.1 Å². The Morgan fingerprint density at radius 3 is 3.00 bits per heavy atom. The number of aliphatic hydroxyl groups excluding tert-OH is 1. The van der Waals surface area contributed by atoms with E-state index in [2.05, 4.69) is 4.98 Å². The lowest BCUT2D eigenvalue weighted by Gasteiger charge is -2.00. The van der Waals surface area contributed by atoms with Gasteiger partial charge in [0.1, 0.15) is 24.3 Å². The van der Waals surface area contributed by atoms with Gasteiger partial charge in [0.15, 0.2) is 0 Å². The third-order valence-electron chi connectivity index (χ3n) is 2.05. The molecule has 4 nitrogen and oxygen atoms in total. The lowest BCUT2D eigenvalue weighted by molar-refractivity contribution is 0.240. The molecule has 0 aliphatic heterocycles. The molecule has 0 aliphatic carbocycles. The van der Waals surface area contributed by atoms with Gasteiger partial charge in [0.2, 0.25) is 5.89 Å². The second-order valence-electron chi connectivity index (χ2n) is 3.02. The van der Waals surface area contributed by atoms with Crippen LogP contribution in [0.5, 0.6) is 5.75 Å². The first-order chi connectivity index (χ1) is 7.33. The molecule has 2 aromatic rings. The third-order valence-corrected chi connectivity index (χ3v) is 2.05. The van der Waals surface area contributed by atoms with Gasteiger partial charge in [-0.2, -0.15) is 0 Å². The van der Waals surface area contributed by atoms with E-state index < -0.39 is 0 Å². The van der Waals surface area contributed by atoms with Crippen LogP contribution in [-0.2, 0) is 6.61 Å². The molecule has 15 heavy (non-hydrogen) atoms. The lowest BCUT2D eigenvalue weighted by Crippen LogP contribution is -1.85. The molecule has 4 heteroatoms. The Morgan fingerprint density at radius 2 is 2.33 bits per heavy atom. The highest BCUT2D eigenvalue weighted by Crippen LogP contribution is 2.22. The molecule has 0 spiro atoms. The molecule has 0 atom stereocenters. The van der Waals surface area contributed by atoms with E-state index in [4.69, 9.17) is 14.3 Å². The Kier molecular flexibility index (Phi) is 2.69. The van der Waals surface area contributed by atoms with Crippen LogP contribution < -0.4 is 4.74 Å². The Balaban J connectivity index is 2.35. The van der Waals surface area contributed by atoms with Gasteiger partial charge in [-0.25, -0.2) is 4.98 Å². The minimum atomic E-state index is -0.191. The van der Waals surface area contributed by atoms with Crippen molar-refractivity contribution in [2.45, 2.75) is 6.61 Å². The highest BCUT2D eigenvalue weighted by Gasteiger charge is 2.05. The standard InChI is InChI=1S/C11H11NO3/c1-14-9-4-2-3-8(5-9)10-7-15-11(6-13)12-10/h2-5,7,13H,6H2,1H3. The number of nitrogens with zero attached hydrogens (tertiary/aromatic N) is 1. The molecule has 1 aromatic heterocycles. The molecule has 0 bridgehead atoms. The number of ether oxygens (including phenoxy) is 1. The van der Waals surface area contributed by atoms with Crippen LogP contribution in [0.1, 0.15) is 5.89 Å². The number of aliphatic hydroxyl groups is 1. The smallest absolute Gasteiger partial charge is 0.220 e. The molecular formula is C11H11NO3. The van der Waals surface area contributed by atoms with Crippen LogP contribution in [0.25, 0.3) is 11.3 Å². The van der Waals surface area contributed by atoms with Gasteiger partial charge in [-0.15, -0.1) is 0 Å². The number of oxazole rings is 1. The topological polar surface area (TPSA) is 55.5 Å². The zero-order chi connectivity index (χ0) is 10.7. The van der Waals surface area contributed by atoms with Crippen molar-refractivity contribution in [2.75, 3.05) is 7.11 Å². The maximum atomic E-state index is 8.82. The maximum Gasteiger partial charge on any atom is 0.220 e. The molecule has 0 saturated heterocycles. The van der Waals surface area contributed by atoms with Gasteiger partial charge in [0.05, 0.1) is 7.11 Å². The summed E-state index contributed by atoms with van der Waals surface area (Å²) in [5.74, 6) is 1.08. The van der Waals surface area contributed by atoms with E-state index in [0.717, 1.165) is 11.3 Å². The number of hydrogen-bond donors (Lipinski definition) is 1. The van der Waals surface area contributed by atoms with Gasteiger partial charge < -0.3 is 14.3 Å². The van der Waals surface area contributed by atoms with Crippen molar-refractivity contribution in [3.63, 3.8) is 0 Å². The van der Waals surface area contributed by atoms with E-state index >= 15 is 0 Å². The molecule has 1 N–H and O–H groups in total. The molecule has 0 unspecified atom stereocenters. The zero-order valence-electron chi connectivity index (χ0n) is 8.30. The fourth-order valence-electron chi connectivity index (χ4n) is 1.30. The van der Waals surface area contributed by atoms with Crippen molar-refractivity contribution < 1.29 is 14.3 Å². The van der Waals surface area contributed by atoms with Crippen LogP contribution in [0.2, 0.25) is 0 Å². The van der Waals surface area contributed by atoms with Crippen LogP contribution in [0.15, 0.2) is 34.9 Å². The monoisotopic (exact) mass is 205 g/mol. The van der Waals surface area contributed by atoms with Crippen molar-refractivity contribution in [1.29, 1.82) is 0 Å². The number of methoxy groups -OCH3 is 1. The summed E-state index contributed by atoms with van der Waals surface area (Å²) in [4.78, 5) is 4.10. The summed E-state index contributed by atoms with van der Waals surface area (Å²) in [6.07, 6.45) is 1.51. The highest BCUT2D eigenvalue weighted by atomic mass is 16.5. The fraction of sp³-hybridized carbons (Fsp3) is 0.182. The Bertz CT molecular complexity index is 451. The lowest BCUT2D eigenvalue weighted by atomic mass is 10.2. The molecule has 78 valence electrons. The van der Waals surface area contributed by atoms with Crippen molar-refractivity contribution in [1.82, 2.24) is 4.98 Å². The summed E-state index contributed by atoms with van der Waals surface area (Å²) in [6, 6.07) is 7.50. The van der Waals surface area contributed by atoms with Crippen LogP contribution >= 0.6 is 0 Å². The predicted molar refractivity (Wildman–Crippen MR) is 54.4 cm³/mol. The first kappa shape index (κ1) is 9.73. The average molecular weight is 205 g/mol. The Morgan fingerprint density at radius 1 is 1.47 bits per heavy atom. The van der Waals surface area contributed by atoms with Crippen LogP contribution in [0.3, 0.4) is 0 Å². The van der Waals surface area contributed by atoms with Gasteiger partial charge in [-0.05, 0) is 12.1 Å². The van der Waals surface area contributed by atoms with Gasteiger partial charge in [0.25, 0.3) is 0 Å². The Hall–Kier alpha value is -1.81. The van der Waals surface area contributed by atoms with Crippen molar-refractivity contribution in [3.05, 3.63) is 36.4 Å². The minimum Gasteiger partial charge on any atom is -0.497 e. The molecule has 1 aromatic carbocycles. The zero-order valence-corrected chi connectivity index (χ0v) is 8.30. The second kappa shape index (κ2) is 4.14. The van der Waals surface area contributed by atoms with Crippen molar-refractivity contribution in [3.8, 4) is 17.0 Å². The molecular weight excluding hydrogens is 194 g/mol. The molecule has 1 heterocycles. The SMILES string of the molecule is COc1cccc(-c2coc(CO)n2)c1. The van der Waals surface area contributed by atoms with Gasteiger partial charge >= 0.3 is 0 Å². The number of rotatable bonds is 3. The first-order valence-corrected chi connectivity index (χ1v) is 4.53. The summed E-state index contributed by atoms with van der Waals surface area (Å²) in [5.41, 5.74) is 1.59. The molecule has 0 saturated carbocycles. The van der Waals surface area contributed by atoms with E-state index in [1.807, 2.05) is 24.3 Å². The summed E-state index contributed by atoms with van der Waals surface area (Å²) < 4.78 is 10.1. The van der Waals surface area contributed by atoms with Crippen LogP contribution in [0, 0.1) is 0 Å². The molecule has 0 aliphatic rings. The highest BCUT2D eigenvalue weighted by molar-refractivity contribution is 5.60. The van der Waals surface area contributed by atoms with E-state index in [9.17, 15) is 0 Å². The summed E-state index contributed by atoms with van der Waals surface area (Å²) in [5, 5.41) is 8.82. The van der Waals surface area contributed by atoms with Crippen molar-refractivity contribution >= 4 is 0 Å². The number of aromatic nitrogens is 1. The van der Waals surface area contributed by atoms with E-state index in [1.54, 1.807) is 7.11 Å². The number of hydrogen-bond acceptors (Lipinski definition) is 4. The maximum absolute atomic E-state index is 8.82. The molecule has 0 amide bonds. The molecule has 0 fully saturated rings. The van der Waals surface area contributed by atoms with Crippen LogP contribution in [0.4, 0.5) is 0 Å². The van der Waals surface area contributed by atoms with E-state index in [0.29, 0.717) is 11.6 Å². The molecule has 0 radical (unpaired) electrons. The summed E-state index contributed by atoms with van der Waals surface area (Å²) >= 11 is 0. The average Bonchev–Trinajstić information content (AvgIpc) is 2.78. The number of benzene rings is 1. The molecule has 2 rings (SSSR count). The first-order valence-electron chi connectivity index (χ1n) is 4.53. The quantitative estimate of drug-likeness (QED) is 0.830. The summed E-state index contributed by atoms with van der Waals surface area (Å²) in [6.45, 7) is -0.191. The third kappa shape index (κ3) is 1.99.